The monoisotopic (exact) mass is 308 g/mol. The molecule has 1 aliphatic rings. The first-order valence-electron chi connectivity index (χ1n) is 7.09. The number of nitrogen functional groups attached to an aromatic ring is 1. The van der Waals surface area contributed by atoms with Gasteiger partial charge in [-0.25, -0.2) is 8.78 Å². The lowest BCUT2D eigenvalue weighted by Gasteiger charge is -2.25. The molecule has 2 nitrogen and oxygen atoms in total. The number of hydrogen-bond donors (Lipinski definition) is 1. The van der Waals surface area contributed by atoms with Gasteiger partial charge in [-0.05, 0) is 56.0 Å². The van der Waals surface area contributed by atoms with Crippen LogP contribution in [0.25, 0.3) is 11.1 Å². The summed E-state index contributed by atoms with van der Waals surface area (Å²) in [5.41, 5.74) is 7.21. The summed E-state index contributed by atoms with van der Waals surface area (Å²) >= 11 is 1.43. The number of benzene rings is 1. The van der Waals surface area contributed by atoms with Crippen LogP contribution in [-0.4, -0.2) is 12.6 Å². The average molecular weight is 308 g/mol. The molecule has 1 saturated heterocycles. The molecule has 2 aromatic rings. The molecule has 0 bridgehead atoms. The number of rotatable bonds is 2. The third-order valence-corrected chi connectivity index (χ3v) is 4.98. The van der Waals surface area contributed by atoms with Gasteiger partial charge in [0.2, 0.25) is 0 Å². The Labute approximate surface area is 127 Å². The molecule has 1 fully saturated rings. The van der Waals surface area contributed by atoms with E-state index in [2.05, 4.69) is 0 Å². The van der Waals surface area contributed by atoms with Crippen LogP contribution in [0.15, 0.2) is 18.2 Å². The zero-order valence-corrected chi connectivity index (χ0v) is 12.9. The van der Waals surface area contributed by atoms with E-state index >= 15 is 0 Å². The molecule has 1 aromatic heterocycles. The minimum Gasteiger partial charge on any atom is -0.391 e. The zero-order valence-electron chi connectivity index (χ0n) is 12.1. The summed E-state index contributed by atoms with van der Waals surface area (Å²) in [5.74, 6) is -0.995. The van der Waals surface area contributed by atoms with Crippen molar-refractivity contribution in [1.29, 1.82) is 0 Å². The van der Waals surface area contributed by atoms with Crippen molar-refractivity contribution in [2.75, 3.05) is 17.2 Å². The number of hydrogen-bond acceptors (Lipinski definition) is 3. The second kappa shape index (κ2) is 5.30. The summed E-state index contributed by atoms with van der Waals surface area (Å²) < 4.78 is 28.9. The molecule has 21 heavy (non-hydrogen) atoms. The van der Waals surface area contributed by atoms with Crippen molar-refractivity contribution in [2.45, 2.75) is 32.7 Å². The van der Waals surface area contributed by atoms with E-state index in [-0.39, 0.29) is 11.7 Å². The van der Waals surface area contributed by atoms with E-state index in [9.17, 15) is 8.78 Å². The summed E-state index contributed by atoms with van der Waals surface area (Å²) in [7, 11) is 0. The van der Waals surface area contributed by atoms with E-state index in [0.717, 1.165) is 23.3 Å². The van der Waals surface area contributed by atoms with Gasteiger partial charge in [-0.15, -0.1) is 11.3 Å². The molecule has 112 valence electrons. The fraction of sp³-hybridized carbons (Fsp3) is 0.375. The minimum absolute atomic E-state index is 0.101. The molecular weight excluding hydrogens is 290 g/mol. The van der Waals surface area contributed by atoms with Crippen LogP contribution in [0.1, 0.15) is 24.6 Å². The maximum Gasteiger partial charge on any atom is 0.150 e. The molecular formula is C16H18F2N2S. The molecule has 0 saturated carbocycles. The van der Waals surface area contributed by atoms with Crippen molar-refractivity contribution in [2.24, 2.45) is 0 Å². The Hall–Kier alpha value is -1.62. The van der Waals surface area contributed by atoms with Crippen LogP contribution in [0.2, 0.25) is 0 Å². The van der Waals surface area contributed by atoms with Gasteiger partial charge in [0, 0.05) is 17.5 Å². The molecule has 2 heterocycles. The normalized spacial score (nSPS) is 18.5. The highest BCUT2D eigenvalue weighted by atomic mass is 32.1. The van der Waals surface area contributed by atoms with E-state index in [1.807, 2.05) is 18.7 Å². The maximum atomic E-state index is 14.5. The van der Waals surface area contributed by atoms with Gasteiger partial charge in [-0.1, -0.05) is 0 Å². The molecule has 0 amide bonds. The smallest absolute Gasteiger partial charge is 0.150 e. The van der Waals surface area contributed by atoms with Crippen molar-refractivity contribution in [3.63, 3.8) is 0 Å². The Bertz CT molecular complexity index is 658. The average Bonchev–Trinajstić information content (AvgIpc) is 2.95. The summed E-state index contributed by atoms with van der Waals surface area (Å²) in [6.07, 6.45) is 1.95. The first-order valence-corrected chi connectivity index (χ1v) is 7.91. The molecule has 1 unspecified atom stereocenters. The fourth-order valence-electron chi connectivity index (χ4n) is 3.05. The molecule has 5 heteroatoms. The first-order chi connectivity index (χ1) is 9.97. The number of nitrogens with two attached hydrogens (primary N) is 1. The lowest BCUT2D eigenvalue weighted by Crippen LogP contribution is -2.28. The van der Waals surface area contributed by atoms with Crippen LogP contribution in [0, 0.1) is 18.6 Å². The van der Waals surface area contributed by atoms with Crippen molar-refractivity contribution in [3.8, 4) is 11.1 Å². The van der Waals surface area contributed by atoms with E-state index in [4.69, 9.17) is 5.73 Å². The second-order valence-corrected chi connectivity index (χ2v) is 6.88. The van der Waals surface area contributed by atoms with Crippen LogP contribution in [-0.2, 0) is 0 Å². The summed E-state index contributed by atoms with van der Waals surface area (Å²) in [4.78, 5) is 2.79. The van der Waals surface area contributed by atoms with Crippen molar-refractivity contribution >= 4 is 22.0 Å². The maximum absolute atomic E-state index is 14.5. The van der Waals surface area contributed by atoms with Crippen molar-refractivity contribution in [1.82, 2.24) is 0 Å². The molecule has 3 rings (SSSR count). The Morgan fingerprint density at radius 1 is 1.24 bits per heavy atom. The number of thiophene rings is 1. The second-order valence-electron chi connectivity index (χ2n) is 5.59. The summed E-state index contributed by atoms with van der Waals surface area (Å²) in [6, 6.07) is 4.78. The van der Waals surface area contributed by atoms with Gasteiger partial charge < -0.3 is 10.6 Å². The minimum atomic E-state index is -0.497. The highest BCUT2D eigenvalue weighted by Crippen LogP contribution is 2.37. The first kappa shape index (κ1) is 14.3. The van der Waals surface area contributed by atoms with E-state index in [1.54, 1.807) is 6.07 Å². The number of nitrogens with zero attached hydrogens (tertiary/aromatic N) is 1. The number of halogens is 2. The molecule has 0 spiro atoms. The van der Waals surface area contributed by atoms with E-state index in [0.29, 0.717) is 17.1 Å². The SMILES string of the molecule is Cc1sc(N)cc1-c1cc(F)c(N2CCCC2C)c(F)c1. The zero-order chi connectivity index (χ0) is 15.1. The molecule has 1 atom stereocenters. The third-order valence-electron chi connectivity index (χ3n) is 4.10. The van der Waals surface area contributed by atoms with Crippen molar-refractivity contribution < 1.29 is 8.78 Å². The highest BCUT2D eigenvalue weighted by Gasteiger charge is 2.26. The quantitative estimate of drug-likeness (QED) is 0.880. The largest absolute Gasteiger partial charge is 0.391 e. The van der Waals surface area contributed by atoms with Gasteiger partial charge in [-0.2, -0.15) is 0 Å². The predicted molar refractivity (Wildman–Crippen MR) is 84.9 cm³/mol. The Morgan fingerprint density at radius 2 is 1.90 bits per heavy atom. The van der Waals surface area contributed by atoms with Crippen LogP contribution >= 0.6 is 11.3 Å². The fourth-order valence-corrected chi connectivity index (χ4v) is 3.87. The van der Waals surface area contributed by atoms with Crippen LogP contribution < -0.4 is 10.6 Å². The standard InChI is InChI=1S/C16H18F2N2S/c1-9-4-3-5-20(9)16-13(17)6-11(7-14(16)18)12-8-15(19)21-10(12)2/h6-9H,3-5,19H2,1-2H3. The van der Waals surface area contributed by atoms with Crippen molar-refractivity contribution in [3.05, 3.63) is 34.7 Å². The molecule has 2 N–H and O–H groups in total. The van der Waals surface area contributed by atoms with Gasteiger partial charge >= 0.3 is 0 Å². The molecule has 0 radical (unpaired) electrons. The lowest BCUT2D eigenvalue weighted by atomic mass is 10.0. The van der Waals surface area contributed by atoms with E-state index in [1.165, 1.54) is 23.5 Å². The van der Waals surface area contributed by atoms with E-state index < -0.39 is 11.6 Å². The summed E-state index contributed by atoms with van der Waals surface area (Å²) in [5, 5.41) is 0.653. The highest BCUT2D eigenvalue weighted by molar-refractivity contribution is 7.16. The summed E-state index contributed by atoms with van der Waals surface area (Å²) in [6.45, 7) is 4.62. The van der Waals surface area contributed by atoms with Gasteiger partial charge in [-0.3, -0.25) is 0 Å². The molecule has 1 aliphatic heterocycles. The lowest BCUT2D eigenvalue weighted by molar-refractivity contribution is 0.568. The van der Waals surface area contributed by atoms with Crippen LogP contribution in [0.3, 0.4) is 0 Å². The van der Waals surface area contributed by atoms with Gasteiger partial charge in [0.15, 0.2) is 0 Å². The number of anilines is 2. The van der Waals surface area contributed by atoms with Crippen LogP contribution in [0.5, 0.6) is 0 Å². The van der Waals surface area contributed by atoms with Gasteiger partial charge in [0.1, 0.15) is 17.3 Å². The molecule has 0 aliphatic carbocycles. The van der Waals surface area contributed by atoms with Gasteiger partial charge in [0.25, 0.3) is 0 Å². The topological polar surface area (TPSA) is 29.3 Å². The Kier molecular flexibility index (Phi) is 3.61. The predicted octanol–water partition coefficient (Wildman–Crippen LogP) is 4.57. The Morgan fingerprint density at radius 3 is 2.38 bits per heavy atom. The molecule has 1 aromatic carbocycles. The van der Waals surface area contributed by atoms with Gasteiger partial charge in [0.05, 0.1) is 5.00 Å². The Balaban J connectivity index is 2.06. The number of aryl methyl sites for hydroxylation is 1. The van der Waals surface area contributed by atoms with Crippen LogP contribution in [0.4, 0.5) is 19.5 Å². The third kappa shape index (κ3) is 2.50.